The number of Topliss-reactive ketones (excluding diaryl/α,β-unsaturated/α-hetero) is 4. The Morgan fingerprint density at radius 3 is 1.34 bits per heavy atom. The highest BCUT2D eigenvalue weighted by Crippen LogP contribution is 2.31. The molecule has 4 heterocycles. The lowest BCUT2D eigenvalue weighted by Gasteiger charge is -2.28. The smallest absolute Gasteiger partial charge is 0.234 e. The maximum Gasteiger partial charge on any atom is 0.234 e. The fourth-order valence-electron chi connectivity index (χ4n) is 8.72. The normalized spacial score (nSPS) is 22.2. The lowest BCUT2D eigenvalue weighted by molar-refractivity contribution is -0.135. The van der Waals surface area contributed by atoms with Crippen LogP contribution in [0.2, 0.25) is 0 Å². The Kier molecular flexibility index (Phi) is 22.9. The van der Waals surface area contributed by atoms with E-state index in [-0.39, 0.29) is 73.4 Å². The van der Waals surface area contributed by atoms with Crippen molar-refractivity contribution in [3.05, 3.63) is 71.8 Å². The van der Waals surface area contributed by atoms with Crippen molar-refractivity contribution >= 4 is 59.4 Å². The molecule has 408 valence electrons. The van der Waals surface area contributed by atoms with E-state index in [4.69, 9.17) is 23.7 Å². The Morgan fingerprint density at radius 2 is 0.986 bits per heavy atom. The van der Waals surface area contributed by atoms with Gasteiger partial charge in [0, 0.05) is 56.8 Å². The second kappa shape index (κ2) is 28.3. The molecule has 0 bridgehead atoms. The topological polar surface area (TPSA) is 244 Å². The first-order valence-electron chi connectivity index (χ1n) is 25.6. The lowest BCUT2D eigenvalue weighted by atomic mass is 9.88. The highest BCUT2D eigenvalue weighted by molar-refractivity contribution is 7.81. The Bertz CT molecular complexity index is 2210. The Hall–Kier alpha value is -4.93. The van der Waals surface area contributed by atoms with Gasteiger partial charge >= 0.3 is 0 Å². The molecule has 0 aromatic heterocycles. The number of rotatable bonds is 28. The minimum atomic E-state index is -0.904. The summed E-state index contributed by atoms with van der Waals surface area (Å²) in [5.41, 5.74) is 0.00384. The average Bonchev–Trinajstić information content (AvgIpc) is 4.31. The van der Waals surface area contributed by atoms with Crippen LogP contribution in [-0.2, 0) is 74.9 Å². The van der Waals surface area contributed by atoms with E-state index in [0.29, 0.717) is 85.1 Å². The van der Waals surface area contributed by atoms with Crippen molar-refractivity contribution in [2.24, 2.45) is 11.8 Å². The fraction of sp³-hybridized carbons (Fsp3) is 0.630. The molecule has 4 N–H and O–H groups in total. The first-order chi connectivity index (χ1) is 35.1. The summed E-state index contributed by atoms with van der Waals surface area (Å²) in [7, 11) is 1.45. The van der Waals surface area contributed by atoms with Crippen LogP contribution < -0.4 is 21.3 Å². The monoisotopic (exact) mass is 1050 g/mol. The molecule has 20 heteroatoms. The zero-order valence-corrected chi connectivity index (χ0v) is 45.0. The zero-order valence-electron chi connectivity index (χ0n) is 44.1. The molecule has 74 heavy (non-hydrogen) atoms. The van der Waals surface area contributed by atoms with Gasteiger partial charge in [-0.05, 0) is 58.1 Å². The summed E-state index contributed by atoms with van der Waals surface area (Å²) >= 11 is 4.60. The summed E-state index contributed by atoms with van der Waals surface area (Å²) < 4.78 is 25.9. The van der Waals surface area contributed by atoms with Gasteiger partial charge in [-0.25, -0.2) is 0 Å². The van der Waals surface area contributed by atoms with E-state index < -0.39 is 57.9 Å². The minimum absolute atomic E-state index is 0.00598. The molecule has 2 aromatic rings. The molecule has 8 unspecified atom stereocenters. The number of nitrogens with one attached hydrogen (secondary N) is 4. The van der Waals surface area contributed by atoms with E-state index >= 15 is 0 Å². The van der Waals surface area contributed by atoms with Crippen LogP contribution in [0.1, 0.15) is 71.9 Å². The van der Waals surface area contributed by atoms with Crippen molar-refractivity contribution in [2.75, 3.05) is 92.6 Å². The molecular weight excluding hydrogens is 973 g/mol. The minimum Gasteiger partial charge on any atom is -0.384 e. The highest BCUT2D eigenvalue weighted by Gasteiger charge is 2.51. The average molecular weight is 1050 g/mol. The molecule has 8 atom stereocenters. The SMILES string of the molecule is CC(NC(=O)CN1CCOCC1)C(=O)CC(CC(C)(C)S)C(=O)NC(Cc1ccccc1)C(=O)C1(C)CO1.COCC(CC(=O)C(C)NC(=O)CN1CCOCC1)C(=O)NC(Cc1ccccc1)C(=O)C1(C)CO1. The number of thiol groups is 1. The van der Waals surface area contributed by atoms with Gasteiger partial charge in [0.2, 0.25) is 23.6 Å². The second-order valence-electron chi connectivity index (χ2n) is 20.8. The van der Waals surface area contributed by atoms with Crippen molar-refractivity contribution in [1.29, 1.82) is 0 Å². The van der Waals surface area contributed by atoms with Crippen LogP contribution in [0.3, 0.4) is 0 Å². The molecule has 6 rings (SSSR count). The third-order valence-electron chi connectivity index (χ3n) is 13.4. The number of amides is 4. The number of methoxy groups -OCH3 is 1. The van der Waals surface area contributed by atoms with Crippen LogP contribution in [0.5, 0.6) is 0 Å². The van der Waals surface area contributed by atoms with Crippen LogP contribution >= 0.6 is 12.6 Å². The standard InChI is InChI=1S/C28H41N3O6S.C26H37N3O7/c1-19(29-24(33)17-31-10-12-36-13-11-31)23(32)15-21(16-27(2,3)38)26(35)30-22(25(34)28(4)18-37-28)14-20-8-6-5-7-9-20;1-18(27-23(31)15-29-9-11-35-12-10-29)22(30)14-20(16-34-3)25(33)28-21(24(32)26(2)17-36-26)13-19-7-5-4-6-8-19/h5-9,19,21-22,38H,10-18H2,1-4H3,(H,29,33)(H,30,35);4-8,18,20-21H,9-17H2,1-3H3,(H,27,31)(H,28,33). The van der Waals surface area contributed by atoms with Gasteiger partial charge in [-0.15, -0.1) is 0 Å². The van der Waals surface area contributed by atoms with Crippen molar-refractivity contribution in [3.63, 3.8) is 0 Å². The van der Waals surface area contributed by atoms with Gasteiger partial charge in [0.1, 0.15) is 11.2 Å². The van der Waals surface area contributed by atoms with E-state index in [2.05, 4.69) is 33.9 Å². The predicted molar refractivity (Wildman–Crippen MR) is 278 cm³/mol. The molecular formula is C54H78N6O13S. The summed E-state index contributed by atoms with van der Waals surface area (Å²) in [6.07, 6.45) is 0.755. The van der Waals surface area contributed by atoms with E-state index in [1.54, 1.807) is 27.7 Å². The van der Waals surface area contributed by atoms with Crippen molar-refractivity contribution < 1.29 is 62.0 Å². The zero-order chi connectivity index (χ0) is 54.1. The number of ketones is 4. The van der Waals surface area contributed by atoms with E-state index in [1.165, 1.54) is 7.11 Å². The largest absolute Gasteiger partial charge is 0.384 e. The van der Waals surface area contributed by atoms with Gasteiger partial charge in [0.05, 0.1) is 89.4 Å². The highest BCUT2D eigenvalue weighted by atomic mass is 32.1. The predicted octanol–water partition coefficient (Wildman–Crippen LogP) is 1.71. The Balaban J connectivity index is 0.000000274. The molecule has 4 saturated heterocycles. The van der Waals surface area contributed by atoms with E-state index in [9.17, 15) is 38.4 Å². The summed E-state index contributed by atoms with van der Waals surface area (Å²) in [6.45, 7) is 16.4. The molecule has 4 amide bonds. The number of carbonyl (C=O) groups is 8. The van der Waals surface area contributed by atoms with Gasteiger partial charge in [-0.1, -0.05) is 74.5 Å². The molecule has 0 aliphatic carbocycles. The van der Waals surface area contributed by atoms with Crippen LogP contribution in [0.4, 0.5) is 0 Å². The van der Waals surface area contributed by atoms with Crippen molar-refractivity contribution in [3.8, 4) is 0 Å². The van der Waals surface area contributed by atoms with Crippen molar-refractivity contribution in [1.82, 2.24) is 31.1 Å². The third-order valence-corrected chi connectivity index (χ3v) is 13.6. The van der Waals surface area contributed by atoms with Crippen LogP contribution in [0.15, 0.2) is 60.7 Å². The van der Waals surface area contributed by atoms with Crippen LogP contribution in [-0.4, -0.2) is 189 Å². The first-order valence-corrected chi connectivity index (χ1v) is 26.0. The molecule has 4 aliphatic rings. The number of morpholine rings is 2. The number of benzene rings is 2. The van der Waals surface area contributed by atoms with Gasteiger partial charge in [0.25, 0.3) is 0 Å². The number of ether oxygens (including phenoxy) is 5. The number of carbonyl (C=O) groups excluding carboxylic acids is 8. The number of hydrogen-bond acceptors (Lipinski definition) is 16. The molecule has 4 fully saturated rings. The van der Waals surface area contributed by atoms with Crippen LogP contribution in [0, 0.1) is 11.8 Å². The van der Waals surface area contributed by atoms with Gasteiger partial charge in [-0.2, -0.15) is 12.6 Å². The van der Waals surface area contributed by atoms with E-state index in [0.717, 1.165) is 11.1 Å². The third kappa shape index (κ3) is 20.0. The van der Waals surface area contributed by atoms with Gasteiger partial charge in [0.15, 0.2) is 23.1 Å². The lowest BCUT2D eigenvalue weighted by Crippen LogP contribution is -2.51. The molecule has 2 aromatic carbocycles. The molecule has 0 radical (unpaired) electrons. The van der Waals surface area contributed by atoms with Gasteiger partial charge in [-0.3, -0.25) is 48.2 Å². The summed E-state index contributed by atoms with van der Waals surface area (Å²) in [5.74, 6) is -3.77. The van der Waals surface area contributed by atoms with E-state index in [1.807, 2.05) is 84.3 Å². The number of epoxide rings is 2. The number of hydrogen-bond donors (Lipinski definition) is 5. The number of nitrogens with zero attached hydrogens (tertiary/aromatic N) is 2. The Morgan fingerprint density at radius 1 is 0.622 bits per heavy atom. The van der Waals surface area contributed by atoms with Crippen molar-refractivity contribution in [2.45, 2.75) is 114 Å². The second-order valence-corrected chi connectivity index (χ2v) is 22.0. The van der Waals surface area contributed by atoms with Crippen LogP contribution in [0.25, 0.3) is 0 Å². The maximum absolute atomic E-state index is 13.5. The van der Waals surface area contributed by atoms with Gasteiger partial charge < -0.3 is 45.0 Å². The summed E-state index contributed by atoms with van der Waals surface area (Å²) in [6, 6.07) is 15.8. The molecule has 4 aliphatic heterocycles. The summed E-state index contributed by atoms with van der Waals surface area (Å²) in [4.78, 5) is 108. The summed E-state index contributed by atoms with van der Waals surface area (Å²) in [5, 5.41) is 11.2. The molecule has 0 spiro atoms. The first kappa shape index (κ1) is 59.9. The maximum atomic E-state index is 13.5. The Labute approximate surface area is 441 Å². The fourth-order valence-corrected chi connectivity index (χ4v) is 8.94. The molecule has 19 nitrogen and oxygen atoms in total. The quantitative estimate of drug-likeness (QED) is 0.0602. The molecule has 0 saturated carbocycles.